The molecule has 0 spiro atoms. The van der Waals surface area contributed by atoms with Crippen LogP contribution in [0.3, 0.4) is 0 Å². The van der Waals surface area contributed by atoms with Gasteiger partial charge >= 0.3 is 0 Å². The van der Waals surface area contributed by atoms with Crippen LogP contribution in [0.1, 0.15) is 46.0 Å². The van der Waals surface area contributed by atoms with Gasteiger partial charge in [0, 0.05) is 6.04 Å². The van der Waals surface area contributed by atoms with Gasteiger partial charge in [0.2, 0.25) is 0 Å². The van der Waals surface area contributed by atoms with E-state index in [-0.39, 0.29) is 0 Å². The van der Waals surface area contributed by atoms with Gasteiger partial charge in [-0.1, -0.05) is 25.5 Å². The lowest BCUT2D eigenvalue weighted by Gasteiger charge is -2.14. The number of nitrogens with two attached hydrogens (primary N) is 1. The number of hydrogen-bond acceptors (Lipinski definition) is 1. The smallest absolute Gasteiger partial charge is 0.0253 e. The molecule has 0 amide bonds. The lowest BCUT2D eigenvalue weighted by Crippen LogP contribution is -2.22. The minimum absolute atomic E-state index is 0.356. The van der Waals surface area contributed by atoms with E-state index in [1.165, 1.54) is 37.7 Å². The van der Waals surface area contributed by atoms with Crippen molar-refractivity contribution >= 4 is 0 Å². The fourth-order valence-electron chi connectivity index (χ4n) is 1.73. The van der Waals surface area contributed by atoms with E-state index < -0.39 is 0 Å². The molecule has 2 N–H and O–H groups in total. The van der Waals surface area contributed by atoms with Gasteiger partial charge in [0.1, 0.15) is 0 Å². The largest absolute Gasteiger partial charge is 0.324 e. The van der Waals surface area contributed by atoms with Crippen LogP contribution in [0.15, 0.2) is 11.6 Å². The molecule has 1 heteroatoms. The van der Waals surface area contributed by atoms with E-state index in [0.717, 1.165) is 5.92 Å². The second-order valence-electron chi connectivity index (χ2n) is 4.25. The minimum Gasteiger partial charge on any atom is -0.324 e. The predicted molar refractivity (Wildman–Crippen MR) is 54.0 cm³/mol. The number of allylic oxidation sites excluding steroid dienone is 1. The van der Waals surface area contributed by atoms with Gasteiger partial charge in [-0.15, -0.1) is 0 Å². The van der Waals surface area contributed by atoms with Gasteiger partial charge in [-0.25, -0.2) is 0 Å². The maximum Gasteiger partial charge on any atom is 0.0253 e. The number of hydrogen-bond donors (Lipinski definition) is 1. The predicted octanol–water partition coefficient (Wildman–Crippen LogP) is 2.86. The highest BCUT2D eigenvalue weighted by molar-refractivity contribution is 5.14. The third-order valence-electron chi connectivity index (χ3n) is 2.61. The molecule has 1 nitrogen and oxygen atoms in total. The molecule has 1 aliphatic rings. The highest BCUT2D eigenvalue weighted by atomic mass is 14.6. The van der Waals surface area contributed by atoms with Gasteiger partial charge in [0.05, 0.1) is 0 Å². The Morgan fingerprint density at radius 1 is 1.42 bits per heavy atom. The maximum absolute atomic E-state index is 6.06. The first-order valence-electron chi connectivity index (χ1n) is 5.14. The Morgan fingerprint density at radius 2 is 2.17 bits per heavy atom. The highest BCUT2D eigenvalue weighted by Crippen LogP contribution is 2.22. The topological polar surface area (TPSA) is 26.0 Å². The Hall–Kier alpha value is -0.300. The van der Waals surface area contributed by atoms with E-state index in [4.69, 9.17) is 5.73 Å². The van der Waals surface area contributed by atoms with Crippen molar-refractivity contribution in [1.29, 1.82) is 0 Å². The monoisotopic (exact) mass is 167 g/mol. The Labute approximate surface area is 76.0 Å². The zero-order chi connectivity index (χ0) is 8.97. The zero-order valence-electron chi connectivity index (χ0n) is 8.34. The summed E-state index contributed by atoms with van der Waals surface area (Å²) in [4.78, 5) is 0. The lowest BCUT2D eigenvalue weighted by atomic mass is 9.98. The van der Waals surface area contributed by atoms with Crippen molar-refractivity contribution in [3.8, 4) is 0 Å². The van der Waals surface area contributed by atoms with Crippen LogP contribution in [0.2, 0.25) is 0 Å². The summed E-state index contributed by atoms with van der Waals surface area (Å²) in [7, 11) is 0. The Kier molecular flexibility index (Phi) is 3.80. The second kappa shape index (κ2) is 4.66. The summed E-state index contributed by atoms with van der Waals surface area (Å²) in [5.74, 6) is 0.790. The average Bonchev–Trinajstić information content (AvgIpc) is 2.51. The molecule has 1 atom stereocenters. The van der Waals surface area contributed by atoms with Gasteiger partial charge in [0.25, 0.3) is 0 Å². The van der Waals surface area contributed by atoms with Crippen molar-refractivity contribution in [2.75, 3.05) is 0 Å². The molecule has 1 rings (SSSR count). The summed E-state index contributed by atoms with van der Waals surface area (Å²) >= 11 is 0. The first kappa shape index (κ1) is 9.79. The van der Waals surface area contributed by atoms with Gasteiger partial charge < -0.3 is 5.73 Å². The molecule has 0 aromatic rings. The van der Waals surface area contributed by atoms with Crippen LogP contribution in [0.5, 0.6) is 0 Å². The summed E-state index contributed by atoms with van der Waals surface area (Å²) < 4.78 is 0. The molecule has 0 aliphatic heterocycles. The van der Waals surface area contributed by atoms with E-state index in [0.29, 0.717) is 6.04 Å². The van der Waals surface area contributed by atoms with Crippen molar-refractivity contribution < 1.29 is 0 Å². The normalized spacial score (nSPS) is 19.8. The standard InChI is InChI=1S/C11H21N/c1-9(2)7-8-11(12)10-5-3-4-6-10/h5,9,11H,3-4,6-8,12H2,1-2H3. The highest BCUT2D eigenvalue weighted by Gasteiger charge is 2.12. The summed E-state index contributed by atoms with van der Waals surface area (Å²) in [5.41, 5.74) is 7.57. The van der Waals surface area contributed by atoms with Crippen LogP contribution >= 0.6 is 0 Å². The molecular formula is C11H21N. The van der Waals surface area contributed by atoms with E-state index in [1.807, 2.05) is 0 Å². The van der Waals surface area contributed by atoms with Gasteiger partial charge in [-0.05, 0) is 38.0 Å². The third-order valence-corrected chi connectivity index (χ3v) is 2.61. The van der Waals surface area contributed by atoms with Crippen LogP contribution in [-0.4, -0.2) is 6.04 Å². The molecule has 0 heterocycles. The summed E-state index contributed by atoms with van der Waals surface area (Å²) in [6.07, 6.45) is 8.60. The molecule has 0 saturated heterocycles. The fourth-order valence-corrected chi connectivity index (χ4v) is 1.73. The molecule has 1 unspecified atom stereocenters. The first-order chi connectivity index (χ1) is 5.70. The van der Waals surface area contributed by atoms with Crippen molar-refractivity contribution in [3.05, 3.63) is 11.6 Å². The van der Waals surface area contributed by atoms with Crippen molar-refractivity contribution in [3.63, 3.8) is 0 Å². The van der Waals surface area contributed by atoms with Crippen molar-refractivity contribution in [2.24, 2.45) is 11.7 Å². The molecule has 0 aromatic heterocycles. The molecule has 0 fully saturated rings. The van der Waals surface area contributed by atoms with E-state index in [2.05, 4.69) is 19.9 Å². The average molecular weight is 167 g/mol. The summed E-state index contributed by atoms with van der Waals surface area (Å²) in [5, 5.41) is 0. The lowest BCUT2D eigenvalue weighted by molar-refractivity contribution is 0.519. The van der Waals surface area contributed by atoms with Crippen LogP contribution in [0.4, 0.5) is 0 Å². The molecule has 12 heavy (non-hydrogen) atoms. The Bertz CT molecular complexity index is 158. The SMILES string of the molecule is CC(C)CCC(N)C1=CCCC1. The van der Waals surface area contributed by atoms with Crippen LogP contribution in [0.25, 0.3) is 0 Å². The van der Waals surface area contributed by atoms with E-state index in [9.17, 15) is 0 Å². The molecule has 1 aliphatic carbocycles. The summed E-state index contributed by atoms with van der Waals surface area (Å²) in [6.45, 7) is 4.52. The Morgan fingerprint density at radius 3 is 2.67 bits per heavy atom. The minimum atomic E-state index is 0.356. The van der Waals surface area contributed by atoms with E-state index in [1.54, 1.807) is 0 Å². The van der Waals surface area contributed by atoms with Crippen LogP contribution in [0, 0.1) is 5.92 Å². The number of rotatable bonds is 4. The van der Waals surface area contributed by atoms with Crippen molar-refractivity contribution in [1.82, 2.24) is 0 Å². The molecule has 0 radical (unpaired) electrons. The summed E-state index contributed by atoms with van der Waals surface area (Å²) in [6, 6.07) is 0.356. The molecule has 0 saturated carbocycles. The Balaban J connectivity index is 2.23. The van der Waals surface area contributed by atoms with Crippen LogP contribution < -0.4 is 5.73 Å². The quantitative estimate of drug-likeness (QED) is 0.640. The molecular weight excluding hydrogens is 146 g/mol. The third kappa shape index (κ3) is 2.98. The first-order valence-corrected chi connectivity index (χ1v) is 5.14. The molecule has 70 valence electrons. The molecule has 0 aromatic carbocycles. The zero-order valence-corrected chi connectivity index (χ0v) is 8.34. The molecule has 0 bridgehead atoms. The van der Waals surface area contributed by atoms with Gasteiger partial charge in [0.15, 0.2) is 0 Å². The van der Waals surface area contributed by atoms with Gasteiger partial charge in [-0.2, -0.15) is 0 Å². The van der Waals surface area contributed by atoms with Gasteiger partial charge in [-0.3, -0.25) is 0 Å². The second-order valence-corrected chi connectivity index (χ2v) is 4.25. The van der Waals surface area contributed by atoms with Crippen LogP contribution in [-0.2, 0) is 0 Å². The van der Waals surface area contributed by atoms with Crippen molar-refractivity contribution in [2.45, 2.75) is 52.0 Å². The van der Waals surface area contributed by atoms with E-state index >= 15 is 0 Å². The fraction of sp³-hybridized carbons (Fsp3) is 0.818. The maximum atomic E-state index is 6.06.